The molecule has 0 fully saturated rings. The number of rotatable bonds is 8. The number of nitrogens with one attached hydrogen (secondary N) is 1. The summed E-state index contributed by atoms with van der Waals surface area (Å²) in [5.74, 6) is -1.19. The number of hydrogen-bond acceptors (Lipinski definition) is 6. The normalized spacial score (nSPS) is 10.6. The number of fused-ring (bicyclic) bond motifs is 1. The van der Waals surface area contributed by atoms with Crippen molar-refractivity contribution in [1.82, 2.24) is 10.3 Å². The van der Waals surface area contributed by atoms with Gasteiger partial charge in [-0.2, -0.15) is 0 Å². The third kappa shape index (κ3) is 5.07. The van der Waals surface area contributed by atoms with Gasteiger partial charge in [-0.25, -0.2) is 4.98 Å². The first-order chi connectivity index (χ1) is 16.4. The van der Waals surface area contributed by atoms with E-state index >= 15 is 0 Å². The quantitative estimate of drug-likeness (QED) is 0.363. The van der Waals surface area contributed by atoms with Crippen LogP contribution in [0, 0.1) is 0 Å². The molecule has 3 aromatic carbocycles. The van der Waals surface area contributed by atoms with Crippen LogP contribution in [0.1, 0.15) is 21.6 Å². The molecule has 0 spiro atoms. The number of hydrogen-bond donors (Lipinski definition) is 3. The van der Waals surface area contributed by atoms with Crippen LogP contribution >= 0.6 is 0 Å². The van der Waals surface area contributed by atoms with E-state index < -0.39 is 18.4 Å². The van der Waals surface area contributed by atoms with Crippen LogP contribution in [0.2, 0.25) is 0 Å². The van der Waals surface area contributed by atoms with Crippen LogP contribution in [0.4, 0.5) is 0 Å². The highest BCUT2D eigenvalue weighted by atomic mass is 16.5. The minimum Gasteiger partial charge on any atom is -0.505 e. The summed E-state index contributed by atoms with van der Waals surface area (Å²) in [4.78, 5) is 27.0. The first-order valence-corrected chi connectivity index (χ1v) is 10.5. The molecule has 0 unspecified atom stereocenters. The molecule has 4 rings (SSSR count). The molecule has 8 heteroatoms. The lowest BCUT2D eigenvalue weighted by atomic mass is 10.1. The molecule has 1 amide bonds. The van der Waals surface area contributed by atoms with Crippen LogP contribution in [0.5, 0.6) is 23.1 Å². The van der Waals surface area contributed by atoms with Gasteiger partial charge in [0.25, 0.3) is 5.91 Å². The minimum absolute atomic E-state index is 0.0944. The van der Waals surface area contributed by atoms with Crippen molar-refractivity contribution < 1.29 is 29.3 Å². The van der Waals surface area contributed by atoms with Gasteiger partial charge in [-0.15, -0.1) is 0 Å². The van der Waals surface area contributed by atoms with Crippen LogP contribution in [0.25, 0.3) is 10.8 Å². The van der Waals surface area contributed by atoms with E-state index in [0.29, 0.717) is 22.3 Å². The summed E-state index contributed by atoms with van der Waals surface area (Å²) in [6, 6.07) is 22.8. The Morgan fingerprint density at radius 2 is 1.59 bits per heavy atom. The molecule has 0 aliphatic carbocycles. The van der Waals surface area contributed by atoms with E-state index in [2.05, 4.69) is 22.4 Å². The molecule has 0 saturated heterocycles. The van der Waals surface area contributed by atoms with Crippen LogP contribution < -0.4 is 14.8 Å². The third-order valence-electron chi connectivity index (χ3n) is 5.13. The lowest BCUT2D eigenvalue weighted by Crippen LogP contribution is -2.30. The SMILES string of the molecule is COc1nc(C(=O)NCC(=O)O)c(O)c2ccc(Oc3ccc(Cc4ccccc4)cc3)cc12. The Bertz CT molecular complexity index is 1340. The van der Waals surface area contributed by atoms with Gasteiger partial charge in [-0.3, -0.25) is 9.59 Å². The monoisotopic (exact) mass is 458 g/mol. The van der Waals surface area contributed by atoms with Gasteiger partial charge in [-0.05, 0) is 47.9 Å². The van der Waals surface area contributed by atoms with E-state index in [4.69, 9.17) is 14.6 Å². The standard InChI is InChI=1S/C26H22N2O6/c1-33-26-21-14-19(11-12-20(21)24(31)23(28-26)25(32)27-15-22(29)30)34-18-9-7-17(8-10-18)13-16-5-3-2-4-6-16/h2-12,14,31H,13,15H2,1H3,(H,27,32)(H,29,30). The fourth-order valence-electron chi connectivity index (χ4n) is 3.51. The number of nitrogens with zero attached hydrogens (tertiary/aromatic N) is 1. The van der Waals surface area contributed by atoms with Gasteiger partial charge < -0.3 is 25.0 Å². The number of carbonyl (C=O) groups excluding carboxylic acids is 1. The van der Waals surface area contributed by atoms with Crippen molar-refractivity contribution in [3.8, 4) is 23.1 Å². The van der Waals surface area contributed by atoms with Crippen molar-refractivity contribution in [2.75, 3.05) is 13.7 Å². The number of amides is 1. The molecule has 0 aliphatic rings. The van der Waals surface area contributed by atoms with Gasteiger partial charge >= 0.3 is 5.97 Å². The Morgan fingerprint density at radius 3 is 2.26 bits per heavy atom. The molecule has 0 radical (unpaired) electrons. The number of ether oxygens (including phenoxy) is 2. The van der Waals surface area contributed by atoms with E-state index in [1.54, 1.807) is 18.2 Å². The molecular formula is C26H22N2O6. The van der Waals surface area contributed by atoms with E-state index in [1.165, 1.54) is 12.7 Å². The molecule has 34 heavy (non-hydrogen) atoms. The average molecular weight is 458 g/mol. The van der Waals surface area contributed by atoms with E-state index in [-0.39, 0.29) is 17.3 Å². The lowest BCUT2D eigenvalue weighted by Gasteiger charge is -2.13. The van der Waals surface area contributed by atoms with Crippen molar-refractivity contribution in [3.05, 3.63) is 89.6 Å². The van der Waals surface area contributed by atoms with Gasteiger partial charge in [0.05, 0.1) is 12.5 Å². The molecular weight excluding hydrogens is 436 g/mol. The molecule has 0 bridgehead atoms. The number of pyridine rings is 1. The minimum atomic E-state index is -1.21. The number of carboxylic acids is 1. The van der Waals surface area contributed by atoms with Crippen molar-refractivity contribution in [3.63, 3.8) is 0 Å². The van der Waals surface area contributed by atoms with Gasteiger partial charge in [0.15, 0.2) is 11.4 Å². The predicted molar refractivity (Wildman–Crippen MR) is 126 cm³/mol. The van der Waals surface area contributed by atoms with E-state index in [1.807, 2.05) is 42.5 Å². The molecule has 0 saturated carbocycles. The zero-order valence-electron chi connectivity index (χ0n) is 18.3. The van der Waals surface area contributed by atoms with Gasteiger partial charge in [0.2, 0.25) is 5.88 Å². The van der Waals surface area contributed by atoms with Crippen LogP contribution in [-0.2, 0) is 11.2 Å². The van der Waals surface area contributed by atoms with Gasteiger partial charge in [0.1, 0.15) is 18.0 Å². The summed E-state index contributed by atoms with van der Waals surface area (Å²) in [7, 11) is 1.39. The summed E-state index contributed by atoms with van der Waals surface area (Å²) in [6.07, 6.45) is 0.821. The van der Waals surface area contributed by atoms with Crippen molar-refractivity contribution in [1.29, 1.82) is 0 Å². The zero-order chi connectivity index (χ0) is 24.1. The van der Waals surface area contributed by atoms with Crippen LogP contribution in [0.3, 0.4) is 0 Å². The maximum Gasteiger partial charge on any atom is 0.322 e. The van der Waals surface area contributed by atoms with Gasteiger partial charge in [0, 0.05) is 5.39 Å². The van der Waals surface area contributed by atoms with Crippen molar-refractivity contribution in [2.24, 2.45) is 0 Å². The van der Waals surface area contributed by atoms with Crippen molar-refractivity contribution >= 4 is 22.6 Å². The van der Waals surface area contributed by atoms with E-state index in [0.717, 1.165) is 12.0 Å². The summed E-state index contributed by atoms with van der Waals surface area (Å²) in [5.41, 5.74) is 2.05. The maximum absolute atomic E-state index is 12.3. The highest BCUT2D eigenvalue weighted by Gasteiger charge is 2.20. The maximum atomic E-state index is 12.3. The molecule has 172 valence electrons. The fraction of sp³-hybridized carbons (Fsp3) is 0.115. The number of carbonyl (C=O) groups is 2. The van der Waals surface area contributed by atoms with Crippen LogP contribution in [0.15, 0.2) is 72.8 Å². The molecule has 0 atom stereocenters. The molecule has 1 heterocycles. The van der Waals surface area contributed by atoms with Crippen molar-refractivity contribution in [2.45, 2.75) is 6.42 Å². The Balaban J connectivity index is 1.56. The zero-order valence-corrected chi connectivity index (χ0v) is 18.3. The Hall–Kier alpha value is -4.59. The number of methoxy groups -OCH3 is 1. The summed E-state index contributed by atoms with van der Waals surface area (Å²) < 4.78 is 11.3. The Labute approximate surface area is 195 Å². The lowest BCUT2D eigenvalue weighted by molar-refractivity contribution is -0.135. The fourth-order valence-corrected chi connectivity index (χ4v) is 3.51. The van der Waals surface area contributed by atoms with Gasteiger partial charge in [-0.1, -0.05) is 42.5 Å². The molecule has 0 aliphatic heterocycles. The second-order valence-corrected chi connectivity index (χ2v) is 7.51. The molecule has 1 aromatic heterocycles. The highest BCUT2D eigenvalue weighted by molar-refractivity contribution is 6.04. The second kappa shape index (κ2) is 9.91. The summed E-state index contributed by atoms with van der Waals surface area (Å²) in [6.45, 7) is -0.600. The second-order valence-electron chi connectivity index (χ2n) is 7.51. The van der Waals surface area contributed by atoms with E-state index in [9.17, 15) is 14.7 Å². The number of benzene rings is 3. The first kappa shape index (κ1) is 22.6. The summed E-state index contributed by atoms with van der Waals surface area (Å²) >= 11 is 0. The molecule has 8 nitrogen and oxygen atoms in total. The molecule has 3 N–H and O–H groups in total. The highest BCUT2D eigenvalue weighted by Crippen LogP contribution is 2.36. The average Bonchev–Trinajstić information content (AvgIpc) is 2.84. The number of aliphatic carboxylic acids is 1. The number of aromatic hydroxyl groups is 1. The topological polar surface area (TPSA) is 118 Å². The summed E-state index contributed by atoms with van der Waals surface area (Å²) in [5, 5.41) is 22.3. The third-order valence-corrected chi connectivity index (χ3v) is 5.13. The largest absolute Gasteiger partial charge is 0.505 e. The number of aromatic nitrogens is 1. The number of carboxylic acid groups (broad SMARTS) is 1. The molecule has 4 aromatic rings. The Kier molecular flexibility index (Phi) is 6.59. The smallest absolute Gasteiger partial charge is 0.322 e. The van der Waals surface area contributed by atoms with Crippen LogP contribution in [-0.4, -0.2) is 40.7 Å². The first-order valence-electron chi connectivity index (χ1n) is 10.5. The Morgan fingerprint density at radius 1 is 0.912 bits per heavy atom. The predicted octanol–water partition coefficient (Wildman–Crippen LogP) is 4.15.